The van der Waals surface area contributed by atoms with Crippen molar-refractivity contribution in [2.75, 3.05) is 32.1 Å². The lowest BCUT2D eigenvalue weighted by Gasteiger charge is -2.30. The summed E-state index contributed by atoms with van der Waals surface area (Å²) >= 11 is 0. The van der Waals surface area contributed by atoms with Gasteiger partial charge in [0, 0.05) is 38.4 Å². The van der Waals surface area contributed by atoms with Crippen molar-refractivity contribution in [3.8, 4) is 0 Å². The maximum atomic E-state index is 12.3. The fourth-order valence-corrected chi connectivity index (χ4v) is 3.44. The molecular formula is C23H31N3O. The second kappa shape index (κ2) is 9.05. The van der Waals surface area contributed by atoms with Crippen molar-refractivity contribution in [1.82, 2.24) is 10.2 Å². The molecule has 1 saturated heterocycles. The highest BCUT2D eigenvalue weighted by molar-refractivity contribution is 5.94. The molecular weight excluding hydrogens is 334 g/mol. The van der Waals surface area contributed by atoms with E-state index in [9.17, 15) is 4.79 Å². The molecule has 144 valence electrons. The fourth-order valence-electron chi connectivity index (χ4n) is 3.44. The van der Waals surface area contributed by atoms with Gasteiger partial charge in [0.05, 0.1) is 0 Å². The minimum absolute atomic E-state index is 0.0354. The summed E-state index contributed by atoms with van der Waals surface area (Å²) in [4.78, 5) is 16.9. The molecule has 0 unspecified atom stereocenters. The SMILES string of the molecule is CC1CCN(Cc2ccc(CNC(=O)c3ccc(N(C)C)cc3)cc2)CC1. The Bertz CT molecular complexity index is 729. The van der Waals surface area contributed by atoms with E-state index in [0.717, 1.165) is 23.7 Å². The lowest BCUT2D eigenvalue weighted by Crippen LogP contribution is -2.32. The van der Waals surface area contributed by atoms with Crippen molar-refractivity contribution in [1.29, 1.82) is 0 Å². The molecule has 2 aromatic rings. The number of anilines is 1. The standard InChI is InChI=1S/C23H31N3O/c1-18-12-14-26(15-13-18)17-20-6-4-19(5-7-20)16-24-23(27)21-8-10-22(11-9-21)25(2)3/h4-11,18H,12-17H2,1-3H3,(H,24,27). The number of likely N-dealkylation sites (tertiary alicyclic amines) is 1. The van der Waals surface area contributed by atoms with Gasteiger partial charge in [0.2, 0.25) is 0 Å². The van der Waals surface area contributed by atoms with Gasteiger partial charge in [-0.3, -0.25) is 9.69 Å². The smallest absolute Gasteiger partial charge is 0.251 e. The van der Waals surface area contributed by atoms with Crippen LogP contribution in [0.15, 0.2) is 48.5 Å². The summed E-state index contributed by atoms with van der Waals surface area (Å²) in [5.74, 6) is 0.832. The number of hydrogen-bond donors (Lipinski definition) is 1. The molecule has 1 fully saturated rings. The minimum Gasteiger partial charge on any atom is -0.378 e. The number of amides is 1. The van der Waals surface area contributed by atoms with E-state index in [2.05, 4.69) is 41.4 Å². The van der Waals surface area contributed by atoms with Crippen molar-refractivity contribution >= 4 is 11.6 Å². The van der Waals surface area contributed by atoms with Crippen molar-refractivity contribution in [3.63, 3.8) is 0 Å². The second-order valence-corrected chi connectivity index (χ2v) is 7.90. The van der Waals surface area contributed by atoms with Crippen LogP contribution in [0.1, 0.15) is 41.3 Å². The van der Waals surface area contributed by atoms with Crippen LogP contribution in [-0.2, 0) is 13.1 Å². The predicted octanol–water partition coefficient (Wildman–Crippen LogP) is 3.91. The third-order valence-electron chi connectivity index (χ3n) is 5.40. The normalized spacial score (nSPS) is 15.5. The van der Waals surface area contributed by atoms with Crippen molar-refractivity contribution < 1.29 is 4.79 Å². The average molecular weight is 366 g/mol. The number of benzene rings is 2. The van der Waals surface area contributed by atoms with E-state index >= 15 is 0 Å². The van der Waals surface area contributed by atoms with Gasteiger partial charge in [-0.15, -0.1) is 0 Å². The first-order chi connectivity index (χ1) is 13.0. The van der Waals surface area contributed by atoms with Gasteiger partial charge in [-0.05, 0) is 67.2 Å². The maximum absolute atomic E-state index is 12.3. The summed E-state index contributed by atoms with van der Waals surface area (Å²) in [5.41, 5.74) is 4.25. The third kappa shape index (κ3) is 5.57. The molecule has 1 amide bonds. The largest absolute Gasteiger partial charge is 0.378 e. The molecule has 0 radical (unpaired) electrons. The molecule has 27 heavy (non-hydrogen) atoms. The van der Waals surface area contributed by atoms with Crippen LogP contribution in [0.25, 0.3) is 0 Å². The molecule has 0 aliphatic carbocycles. The van der Waals surface area contributed by atoms with Crippen LogP contribution in [0, 0.1) is 5.92 Å². The lowest BCUT2D eigenvalue weighted by atomic mass is 9.99. The van der Waals surface area contributed by atoms with Crippen LogP contribution >= 0.6 is 0 Å². The molecule has 0 atom stereocenters. The Morgan fingerprint density at radius 1 is 1.00 bits per heavy atom. The van der Waals surface area contributed by atoms with Crippen LogP contribution < -0.4 is 10.2 Å². The molecule has 4 nitrogen and oxygen atoms in total. The molecule has 2 aromatic carbocycles. The Kier molecular flexibility index (Phi) is 6.51. The fraction of sp³-hybridized carbons (Fsp3) is 0.435. The van der Waals surface area contributed by atoms with E-state index in [1.165, 1.54) is 31.5 Å². The van der Waals surface area contributed by atoms with Gasteiger partial charge in [0.25, 0.3) is 5.91 Å². The van der Waals surface area contributed by atoms with Gasteiger partial charge in [0.15, 0.2) is 0 Å². The number of carbonyl (C=O) groups is 1. The van der Waals surface area contributed by atoms with E-state index in [-0.39, 0.29) is 5.91 Å². The molecule has 1 N–H and O–H groups in total. The Hall–Kier alpha value is -2.33. The molecule has 0 saturated carbocycles. The van der Waals surface area contributed by atoms with Gasteiger partial charge in [-0.2, -0.15) is 0 Å². The Morgan fingerprint density at radius 2 is 1.59 bits per heavy atom. The Balaban J connectivity index is 1.48. The van der Waals surface area contributed by atoms with Gasteiger partial charge in [0.1, 0.15) is 0 Å². The van der Waals surface area contributed by atoms with Crippen LogP contribution in [0.5, 0.6) is 0 Å². The number of carbonyl (C=O) groups excluding carboxylic acids is 1. The highest BCUT2D eigenvalue weighted by Gasteiger charge is 2.15. The summed E-state index contributed by atoms with van der Waals surface area (Å²) in [6.45, 7) is 6.32. The molecule has 1 heterocycles. The first-order valence-electron chi connectivity index (χ1n) is 9.87. The minimum atomic E-state index is -0.0354. The van der Waals surface area contributed by atoms with Crippen molar-refractivity contribution in [3.05, 3.63) is 65.2 Å². The molecule has 0 bridgehead atoms. The highest BCUT2D eigenvalue weighted by Crippen LogP contribution is 2.18. The van der Waals surface area contributed by atoms with Crippen molar-refractivity contribution in [2.45, 2.75) is 32.9 Å². The number of hydrogen-bond acceptors (Lipinski definition) is 3. The van der Waals surface area contributed by atoms with E-state index in [1.807, 2.05) is 43.3 Å². The van der Waals surface area contributed by atoms with E-state index in [0.29, 0.717) is 12.1 Å². The first-order valence-corrected chi connectivity index (χ1v) is 9.87. The summed E-state index contributed by atoms with van der Waals surface area (Å²) in [6, 6.07) is 16.3. The molecule has 0 spiro atoms. The third-order valence-corrected chi connectivity index (χ3v) is 5.40. The number of nitrogens with zero attached hydrogens (tertiary/aromatic N) is 2. The van der Waals surface area contributed by atoms with Gasteiger partial charge in [-0.25, -0.2) is 0 Å². The number of nitrogens with one attached hydrogen (secondary N) is 1. The zero-order valence-corrected chi connectivity index (χ0v) is 16.7. The zero-order chi connectivity index (χ0) is 19.2. The number of piperidine rings is 1. The van der Waals surface area contributed by atoms with E-state index < -0.39 is 0 Å². The van der Waals surface area contributed by atoms with E-state index in [1.54, 1.807) is 0 Å². The summed E-state index contributed by atoms with van der Waals surface area (Å²) in [5, 5.41) is 3.01. The second-order valence-electron chi connectivity index (χ2n) is 7.90. The quantitative estimate of drug-likeness (QED) is 0.843. The van der Waals surface area contributed by atoms with Crippen molar-refractivity contribution in [2.24, 2.45) is 5.92 Å². The van der Waals surface area contributed by atoms with Gasteiger partial charge < -0.3 is 10.2 Å². The van der Waals surface area contributed by atoms with Crippen LogP contribution in [-0.4, -0.2) is 38.0 Å². The summed E-state index contributed by atoms with van der Waals surface area (Å²) < 4.78 is 0. The number of rotatable bonds is 6. The lowest BCUT2D eigenvalue weighted by molar-refractivity contribution is 0.0951. The van der Waals surface area contributed by atoms with E-state index in [4.69, 9.17) is 0 Å². The molecule has 3 rings (SSSR count). The van der Waals surface area contributed by atoms with Crippen LogP contribution in [0.4, 0.5) is 5.69 Å². The van der Waals surface area contributed by atoms with Crippen LogP contribution in [0.3, 0.4) is 0 Å². The van der Waals surface area contributed by atoms with Gasteiger partial charge >= 0.3 is 0 Å². The topological polar surface area (TPSA) is 35.6 Å². The monoisotopic (exact) mass is 365 g/mol. The molecule has 4 heteroatoms. The molecule has 0 aromatic heterocycles. The summed E-state index contributed by atoms with van der Waals surface area (Å²) in [6.07, 6.45) is 2.61. The Labute approximate surface area is 163 Å². The first kappa shape index (κ1) is 19.4. The zero-order valence-electron chi connectivity index (χ0n) is 16.7. The highest BCUT2D eigenvalue weighted by atomic mass is 16.1. The van der Waals surface area contributed by atoms with Gasteiger partial charge in [-0.1, -0.05) is 31.2 Å². The summed E-state index contributed by atoms with van der Waals surface area (Å²) in [7, 11) is 3.98. The molecule has 1 aliphatic heterocycles. The average Bonchev–Trinajstić information content (AvgIpc) is 2.69. The molecule has 1 aliphatic rings. The maximum Gasteiger partial charge on any atom is 0.251 e. The predicted molar refractivity (Wildman–Crippen MR) is 112 cm³/mol. The van der Waals surface area contributed by atoms with Crippen LogP contribution in [0.2, 0.25) is 0 Å². The Morgan fingerprint density at radius 3 is 2.19 bits per heavy atom.